The van der Waals surface area contributed by atoms with Gasteiger partial charge in [-0.2, -0.15) is 0 Å². The van der Waals surface area contributed by atoms with Crippen molar-refractivity contribution in [3.63, 3.8) is 0 Å². The Balaban J connectivity index is 1.83. The van der Waals surface area contributed by atoms with E-state index in [2.05, 4.69) is 13.5 Å². The van der Waals surface area contributed by atoms with Crippen LogP contribution in [0.15, 0.2) is 12.2 Å². The molecule has 2 aliphatic carbocycles. The van der Waals surface area contributed by atoms with Gasteiger partial charge in [0, 0.05) is 5.41 Å². The first-order valence-electron chi connectivity index (χ1n) is 6.98. The Hall–Kier alpha value is -1.16. The van der Waals surface area contributed by atoms with Crippen molar-refractivity contribution >= 4 is 11.8 Å². The van der Waals surface area contributed by atoms with Crippen molar-refractivity contribution in [2.24, 2.45) is 22.7 Å². The molecule has 4 nitrogen and oxygen atoms in total. The number of fused-ring (bicyclic) bond motifs is 2. The minimum absolute atomic E-state index is 0.0268. The number of cyclic esters (lactones) is 1. The number of ether oxygens (including phenoxy) is 2. The monoisotopic (exact) mass is 262 g/mol. The molecule has 0 amide bonds. The van der Waals surface area contributed by atoms with Crippen molar-refractivity contribution in [1.82, 2.24) is 0 Å². The highest BCUT2D eigenvalue weighted by Gasteiger charge is 2.73. The van der Waals surface area contributed by atoms with Gasteiger partial charge in [0.15, 0.2) is 11.2 Å². The van der Waals surface area contributed by atoms with Crippen LogP contribution in [-0.4, -0.2) is 30.6 Å². The Morgan fingerprint density at radius 3 is 2.74 bits per heavy atom. The summed E-state index contributed by atoms with van der Waals surface area (Å²) in [6, 6.07) is 0. The molecule has 0 aromatic heterocycles. The number of carbonyl (C=O) groups excluding carboxylic acids is 2. The molecule has 2 heterocycles. The van der Waals surface area contributed by atoms with Crippen molar-refractivity contribution in [2.75, 3.05) is 6.61 Å². The number of ketones is 1. The van der Waals surface area contributed by atoms with E-state index < -0.39 is 10.8 Å². The first-order valence-corrected chi connectivity index (χ1v) is 6.98. The second kappa shape index (κ2) is 3.11. The minimum atomic E-state index is -1.05. The maximum absolute atomic E-state index is 13.1. The fourth-order valence-corrected chi connectivity index (χ4v) is 4.66. The summed E-state index contributed by atoms with van der Waals surface area (Å²) < 4.78 is 10.8. The molecule has 2 aliphatic heterocycles. The van der Waals surface area contributed by atoms with E-state index in [1.807, 2.05) is 6.92 Å². The summed E-state index contributed by atoms with van der Waals surface area (Å²) >= 11 is 0. The lowest BCUT2D eigenvalue weighted by atomic mass is 9.62. The largest absolute Gasteiger partial charge is 0.460 e. The standard InChI is InChI=1S/C15H18O4/c1-7-6-18-13(17)15(7)5-9-4-10-11(19-10)8(2)14(9,3)12(15)16/h8-11H,1,4-6H2,2-3H3/t8-,9+,10+,11-,14+,15+/m0/s1. The fourth-order valence-electron chi connectivity index (χ4n) is 4.66. The van der Waals surface area contributed by atoms with Crippen molar-refractivity contribution in [3.8, 4) is 0 Å². The number of epoxide rings is 1. The van der Waals surface area contributed by atoms with Crippen molar-refractivity contribution in [3.05, 3.63) is 12.2 Å². The maximum atomic E-state index is 13.1. The maximum Gasteiger partial charge on any atom is 0.324 e. The van der Waals surface area contributed by atoms with Crippen LogP contribution in [0.1, 0.15) is 26.7 Å². The molecule has 4 heteroatoms. The van der Waals surface area contributed by atoms with E-state index in [9.17, 15) is 9.59 Å². The second-order valence-corrected chi connectivity index (χ2v) is 6.76. The molecular formula is C15H18O4. The van der Waals surface area contributed by atoms with E-state index >= 15 is 0 Å². The molecule has 0 radical (unpaired) electrons. The summed E-state index contributed by atoms with van der Waals surface area (Å²) in [5.74, 6) is 0.0318. The van der Waals surface area contributed by atoms with Gasteiger partial charge < -0.3 is 9.47 Å². The van der Waals surface area contributed by atoms with Gasteiger partial charge in [-0.25, -0.2) is 0 Å². The Bertz CT molecular complexity index is 506. The van der Waals surface area contributed by atoms with E-state index in [1.165, 1.54) is 0 Å². The van der Waals surface area contributed by atoms with Gasteiger partial charge in [-0.05, 0) is 30.3 Å². The van der Waals surface area contributed by atoms with Crippen LogP contribution >= 0.6 is 0 Å². The third kappa shape index (κ3) is 1.07. The summed E-state index contributed by atoms with van der Waals surface area (Å²) in [6.45, 7) is 8.23. The van der Waals surface area contributed by atoms with E-state index in [0.29, 0.717) is 18.1 Å². The first kappa shape index (κ1) is 11.6. The van der Waals surface area contributed by atoms with Gasteiger partial charge in [0.1, 0.15) is 6.61 Å². The smallest absolute Gasteiger partial charge is 0.324 e. The van der Waals surface area contributed by atoms with Gasteiger partial charge in [0.05, 0.1) is 12.2 Å². The molecule has 2 saturated carbocycles. The molecule has 102 valence electrons. The normalized spacial score (nSPS) is 55.2. The fraction of sp³-hybridized carbons (Fsp3) is 0.733. The highest BCUT2D eigenvalue weighted by atomic mass is 16.6. The van der Waals surface area contributed by atoms with Crippen LogP contribution in [0.4, 0.5) is 0 Å². The molecule has 0 bridgehead atoms. The zero-order valence-corrected chi connectivity index (χ0v) is 11.3. The molecule has 6 atom stereocenters. The number of hydrogen-bond acceptors (Lipinski definition) is 4. The summed E-state index contributed by atoms with van der Waals surface area (Å²) in [7, 11) is 0. The summed E-state index contributed by atoms with van der Waals surface area (Å²) in [5, 5.41) is 0. The number of esters is 1. The van der Waals surface area contributed by atoms with Gasteiger partial charge in [-0.15, -0.1) is 0 Å². The Morgan fingerprint density at radius 1 is 1.37 bits per heavy atom. The molecule has 19 heavy (non-hydrogen) atoms. The molecule has 4 rings (SSSR count). The van der Waals surface area contributed by atoms with Gasteiger partial charge in [0.2, 0.25) is 0 Å². The topological polar surface area (TPSA) is 55.9 Å². The minimum Gasteiger partial charge on any atom is -0.460 e. The Kier molecular flexibility index (Phi) is 1.91. The van der Waals surface area contributed by atoms with E-state index in [0.717, 1.165) is 6.42 Å². The van der Waals surface area contributed by atoms with Crippen LogP contribution in [0, 0.1) is 22.7 Å². The molecular weight excluding hydrogens is 244 g/mol. The van der Waals surface area contributed by atoms with Gasteiger partial charge in [-0.3, -0.25) is 9.59 Å². The van der Waals surface area contributed by atoms with Crippen LogP contribution in [0.25, 0.3) is 0 Å². The molecule has 0 N–H and O–H groups in total. The predicted molar refractivity (Wildman–Crippen MR) is 66.2 cm³/mol. The van der Waals surface area contributed by atoms with Crippen LogP contribution in [0.2, 0.25) is 0 Å². The third-order valence-electron chi connectivity index (χ3n) is 6.18. The van der Waals surface area contributed by atoms with E-state index in [-0.39, 0.29) is 36.3 Å². The number of rotatable bonds is 0. The molecule has 0 aromatic carbocycles. The van der Waals surface area contributed by atoms with Crippen LogP contribution < -0.4 is 0 Å². The van der Waals surface area contributed by atoms with Gasteiger partial charge in [0.25, 0.3) is 0 Å². The van der Waals surface area contributed by atoms with Gasteiger partial charge in [-0.1, -0.05) is 20.4 Å². The highest BCUT2D eigenvalue weighted by molar-refractivity contribution is 6.12. The summed E-state index contributed by atoms with van der Waals surface area (Å²) in [5.41, 5.74) is -0.867. The van der Waals surface area contributed by atoms with Gasteiger partial charge >= 0.3 is 5.97 Å². The predicted octanol–water partition coefficient (Wildman–Crippen LogP) is 1.49. The molecule has 0 aromatic rings. The molecule has 2 saturated heterocycles. The van der Waals surface area contributed by atoms with Crippen LogP contribution in [-0.2, 0) is 19.1 Å². The summed E-state index contributed by atoms with van der Waals surface area (Å²) in [6.07, 6.45) is 1.95. The van der Waals surface area contributed by atoms with Crippen molar-refractivity contribution in [2.45, 2.75) is 38.9 Å². The number of Topliss-reactive ketones (excluding diaryl/α,β-unsaturated/α-hetero) is 1. The SMILES string of the molecule is C=C1COC(=O)[C@]12C[C@H]1C[C@H]3O[C@H]3[C@H](C)[C@@]1(C)C2=O. The second-order valence-electron chi connectivity index (χ2n) is 6.76. The van der Waals surface area contributed by atoms with Crippen molar-refractivity contribution < 1.29 is 19.1 Å². The van der Waals surface area contributed by atoms with Crippen LogP contribution in [0.3, 0.4) is 0 Å². The number of carbonyl (C=O) groups is 2. The average molecular weight is 262 g/mol. The van der Waals surface area contributed by atoms with Crippen LogP contribution in [0.5, 0.6) is 0 Å². The Morgan fingerprint density at radius 2 is 2.11 bits per heavy atom. The molecule has 1 spiro atoms. The quantitative estimate of drug-likeness (QED) is 0.287. The molecule has 4 aliphatic rings. The summed E-state index contributed by atoms with van der Waals surface area (Å²) in [4.78, 5) is 25.2. The Labute approximate surface area is 112 Å². The number of hydrogen-bond donors (Lipinski definition) is 0. The van der Waals surface area contributed by atoms with E-state index in [1.54, 1.807) is 0 Å². The lowest BCUT2D eigenvalue weighted by Gasteiger charge is -2.38. The lowest BCUT2D eigenvalue weighted by molar-refractivity contribution is -0.151. The third-order valence-corrected chi connectivity index (χ3v) is 6.18. The average Bonchev–Trinajstić information content (AvgIpc) is 3.05. The zero-order valence-electron chi connectivity index (χ0n) is 11.3. The molecule has 4 fully saturated rings. The lowest BCUT2D eigenvalue weighted by Crippen LogP contribution is -2.46. The van der Waals surface area contributed by atoms with Crippen molar-refractivity contribution in [1.29, 1.82) is 0 Å². The highest BCUT2D eigenvalue weighted by Crippen LogP contribution is 2.65. The first-order chi connectivity index (χ1) is 8.92. The van der Waals surface area contributed by atoms with E-state index in [4.69, 9.17) is 9.47 Å². The zero-order chi connectivity index (χ0) is 13.6. The molecule has 0 unspecified atom stereocenters.